The van der Waals surface area contributed by atoms with Crippen molar-refractivity contribution in [1.82, 2.24) is 10.4 Å². The highest BCUT2D eigenvalue weighted by atomic mass is 79.9. The quantitative estimate of drug-likeness (QED) is 0.0946. The Morgan fingerprint density at radius 1 is 0.923 bits per heavy atom. The van der Waals surface area contributed by atoms with Crippen LogP contribution in [0.25, 0.3) is 22.0 Å². The van der Waals surface area contributed by atoms with E-state index in [4.69, 9.17) is 9.47 Å². The number of H-pyrrole nitrogens is 1. The monoisotopic (exact) mass is 581 g/mol. The molecule has 0 unspecified atom stereocenters. The number of carbonyl (C=O) groups excluding carboxylic acids is 2. The summed E-state index contributed by atoms with van der Waals surface area (Å²) in [7, 11) is 1.48. The maximum atomic E-state index is 13.2. The Hall–Kier alpha value is -4.69. The molecule has 5 aromatic rings. The molecular weight excluding hydrogens is 558 g/mol. The van der Waals surface area contributed by atoms with Crippen molar-refractivity contribution in [3.63, 3.8) is 0 Å². The number of hydrogen-bond acceptors (Lipinski definition) is 5. The fourth-order valence-corrected chi connectivity index (χ4v) is 4.52. The lowest BCUT2D eigenvalue weighted by Gasteiger charge is -2.10. The number of aromatic amines is 1. The van der Waals surface area contributed by atoms with Crippen LogP contribution >= 0.6 is 15.9 Å². The van der Waals surface area contributed by atoms with Crippen molar-refractivity contribution in [3.05, 3.63) is 118 Å². The number of aromatic nitrogens is 1. The van der Waals surface area contributed by atoms with E-state index in [-0.39, 0.29) is 11.7 Å². The number of hydrogen-bond donors (Lipinski definition) is 2. The van der Waals surface area contributed by atoms with Gasteiger partial charge in [0.05, 0.1) is 18.9 Å². The van der Waals surface area contributed by atoms with Crippen molar-refractivity contribution >= 4 is 44.9 Å². The number of para-hydroxylation sites is 1. The van der Waals surface area contributed by atoms with Crippen LogP contribution in [0, 0.1) is 6.92 Å². The van der Waals surface area contributed by atoms with E-state index in [0.717, 1.165) is 32.1 Å². The number of halogens is 1. The van der Waals surface area contributed by atoms with Gasteiger partial charge in [-0.1, -0.05) is 64.5 Å². The number of methoxy groups -OCH3 is 1. The lowest BCUT2D eigenvalue weighted by Crippen LogP contribution is -2.18. The van der Waals surface area contributed by atoms with Gasteiger partial charge in [-0.3, -0.25) is 4.79 Å². The van der Waals surface area contributed by atoms with Crippen molar-refractivity contribution in [3.8, 4) is 22.6 Å². The van der Waals surface area contributed by atoms with Gasteiger partial charge >= 0.3 is 5.97 Å². The molecule has 8 heteroatoms. The van der Waals surface area contributed by atoms with Gasteiger partial charge in [0.2, 0.25) is 0 Å². The van der Waals surface area contributed by atoms with Crippen LogP contribution in [0.2, 0.25) is 0 Å². The number of benzene rings is 4. The van der Waals surface area contributed by atoms with Crippen LogP contribution in [-0.2, 0) is 0 Å². The van der Waals surface area contributed by atoms with Crippen LogP contribution in [0.3, 0.4) is 0 Å². The number of amides is 1. The minimum absolute atomic E-state index is 0.271. The number of aryl methyl sites for hydroxylation is 1. The van der Waals surface area contributed by atoms with Gasteiger partial charge in [-0.25, -0.2) is 10.2 Å². The molecule has 1 heterocycles. The third-order valence-electron chi connectivity index (χ3n) is 6.18. The van der Waals surface area contributed by atoms with Gasteiger partial charge in [-0.05, 0) is 66.1 Å². The molecule has 0 aliphatic heterocycles. The maximum Gasteiger partial charge on any atom is 0.343 e. The molecule has 7 nitrogen and oxygen atoms in total. The van der Waals surface area contributed by atoms with Crippen LogP contribution < -0.4 is 14.9 Å². The lowest BCUT2D eigenvalue weighted by molar-refractivity contribution is 0.0729. The van der Waals surface area contributed by atoms with Crippen molar-refractivity contribution in [2.24, 2.45) is 5.10 Å². The molecule has 0 saturated heterocycles. The minimum atomic E-state index is -0.503. The molecule has 1 amide bonds. The molecule has 4 aromatic carbocycles. The number of nitrogens with one attached hydrogen (secondary N) is 2. The summed E-state index contributed by atoms with van der Waals surface area (Å²) in [6, 6.07) is 27.6. The first-order chi connectivity index (χ1) is 18.9. The molecule has 194 valence electrons. The first-order valence-electron chi connectivity index (χ1n) is 12.1. The first-order valence-corrected chi connectivity index (χ1v) is 12.9. The van der Waals surface area contributed by atoms with Crippen molar-refractivity contribution < 1.29 is 19.1 Å². The van der Waals surface area contributed by atoms with E-state index in [1.54, 1.807) is 42.5 Å². The van der Waals surface area contributed by atoms with Gasteiger partial charge in [0.1, 0.15) is 5.69 Å². The van der Waals surface area contributed by atoms with Crippen molar-refractivity contribution in [2.75, 3.05) is 7.11 Å². The number of nitrogens with zero attached hydrogens (tertiary/aromatic N) is 1. The van der Waals surface area contributed by atoms with Gasteiger partial charge in [-0.2, -0.15) is 5.10 Å². The van der Waals surface area contributed by atoms with E-state index in [1.807, 2.05) is 55.5 Å². The SMILES string of the molecule is COc1cc(C=NNC(=O)c2[nH]c3c(C)cccc3c2-c2ccccc2)ccc1OC(=O)c1ccc(Br)cc1. The zero-order chi connectivity index (χ0) is 27.4. The van der Waals surface area contributed by atoms with Gasteiger partial charge in [0, 0.05) is 20.9 Å². The van der Waals surface area contributed by atoms with Crippen LogP contribution in [0.15, 0.2) is 101 Å². The second-order valence-electron chi connectivity index (χ2n) is 8.74. The first kappa shape index (κ1) is 25.9. The number of rotatable bonds is 7. The summed E-state index contributed by atoms with van der Waals surface area (Å²) in [5.74, 6) is -0.245. The summed E-state index contributed by atoms with van der Waals surface area (Å²) >= 11 is 3.35. The summed E-state index contributed by atoms with van der Waals surface area (Å²) < 4.78 is 11.8. The zero-order valence-corrected chi connectivity index (χ0v) is 22.8. The second-order valence-corrected chi connectivity index (χ2v) is 9.66. The average molecular weight is 582 g/mol. The molecule has 0 saturated carbocycles. The van der Waals surface area contributed by atoms with Crippen LogP contribution in [0.1, 0.15) is 32.0 Å². The van der Waals surface area contributed by atoms with Gasteiger partial charge in [0.15, 0.2) is 11.5 Å². The number of ether oxygens (including phenoxy) is 2. The maximum absolute atomic E-state index is 13.2. The van der Waals surface area contributed by atoms with Crippen LogP contribution in [-0.4, -0.2) is 30.2 Å². The van der Waals surface area contributed by atoms with E-state index in [0.29, 0.717) is 22.6 Å². The van der Waals surface area contributed by atoms with Gasteiger partial charge in [-0.15, -0.1) is 0 Å². The van der Waals surface area contributed by atoms with Gasteiger partial charge < -0.3 is 14.5 Å². The topological polar surface area (TPSA) is 92.8 Å². The van der Waals surface area contributed by atoms with E-state index in [2.05, 4.69) is 31.4 Å². The smallest absolute Gasteiger partial charge is 0.343 e. The molecule has 0 radical (unpaired) electrons. The molecule has 0 spiro atoms. The Morgan fingerprint density at radius 3 is 2.44 bits per heavy atom. The Morgan fingerprint density at radius 2 is 1.69 bits per heavy atom. The van der Waals surface area contributed by atoms with E-state index in [1.165, 1.54) is 13.3 Å². The van der Waals surface area contributed by atoms with Crippen LogP contribution in [0.5, 0.6) is 11.5 Å². The Balaban J connectivity index is 1.35. The third-order valence-corrected chi connectivity index (χ3v) is 6.71. The predicted molar refractivity (Wildman–Crippen MR) is 156 cm³/mol. The van der Waals surface area contributed by atoms with E-state index in [9.17, 15) is 9.59 Å². The van der Waals surface area contributed by atoms with Crippen molar-refractivity contribution in [2.45, 2.75) is 6.92 Å². The molecule has 0 aliphatic rings. The summed E-state index contributed by atoms with van der Waals surface area (Å²) in [5, 5.41) is 5.12. The van der Waals surface area contributed by atoms with Crippen LogP contribution in [0.4, 0.5) is 0 Å². The molecule has 2 N–H and O–H groups in total. The Labute approximate surface area is 233 Å². The van der Waals surface area contributed by atoms with E-state index < -0.39 is 5.97 Å². The van der Waals surface area contributed by atoms with E-state index >= 15 is 0 Å². The average Bonchev–Trinajstić information content (AvgIpc) is 3.35. The van der Waals surface area contributed by atoms with Crippen molar-refractivity contribution in [1.29, 1.82) is 0 Å². The number of esters is 1. The highest BCUT2D eigenvalue weighted by molar-refractivity contribution is 9.10. The molecule has 5 rings (SSSR count). The number of fused-ring (bicyclic) bond motifs is 1. The Bertz CT molecular complexity index is 1690. The Kier molecular flexibility index (Phi) is 7.56. The normalized spacial score (nSPS) is 11.1. The molecule has 0 aliphatic carbocycles. The fraction of sp³-hybridized carbons (Fsp3) is 0.0645. The molecular formula is C31H24BrN3O4. The highest BCUT2D eigenvalue weighted by Gasteiger charge is 2.20. The molecule has 0 fully saturated rings. The highest BCUT2D eigenvalue weighted by Crippen LogP contribution is 2.34. The minimum Gasteiger partial charge on any atom is -0.493 e. The lowest BCUT2D eigenvalue weighted by atomic mass is 10.0. The molecule has 39 heavy (non-hydrogen) atoms. The largest absolute Gasteiger partial charge is 0.493 e. The second kappa shape index (κ2) is 11.4. The predicted octanol–water partition coefficient (Wildman–Crippen LogP) is 6.90. The molecule has 1 aromatic heterocycles. The molecule has 0 atom stereocenters. The zero-order valence-electron chi connectivity index (χ0n) is 21.2. The third kappa shape index (κ3) is 5.61. The van der Waals surface area contributed by atoms with Gasteiger partial charge in [0.25, 0.3) is 5.91 Å². The fourth-order valence-electron chi connectivity index (χ4n) is 4.25. The number of carbonyl (C=O) groups is 2. The number of hydrazone groups is 1. The standard InChI is InChI=1S/C31H24BrN3O4/c1-19-7-6-10-24-27(21-8-4-3-5-9-21)29(34-28(19)24)30(36)35-33-18-20-11-16-25(26(17-20)38-2)39-31(37)22-12-14-23(32)15-13-22/h3-18,34H,1-2H3,(H,35,36). The summed E-state index contributed by atoms with van der Waals surface area (Å²) in [4.78, 5) is 29.0. The summed E-state index contributed by atoms with van der Waals surface area (Å²) in [5.41, 5.74) is 7.80. The summed E-state index contributed by atoms with van der Waals surface area (Å²) in [6.07, 6.45) is 1.50. The molecule has 0 bridgehead atoms. The summed E-state index contributed by atoms with van der Waals surface area (Å²) in [6.45, 7) is 2.00.